The summed E-state index contributed by atoms with van der Waals surface area (Å²) in [5, 5.41) is 0. The third-order valence-corrected chi connectivity index (χ3v) is 3.61. The van der Waals surface area contributed by atoms with Crippen molar-refractivity contribution in [1.29, 1.82) is 0 Å². The molecule has 3 rings (SSSR count). The summed E-state index contributed by atoms with van der Waals surface area (Å²) in [4.78, 5) is 19.8. The van der Waals surface area contributed by atoms with Gasteiger partial charge in [0, 0.05) is 25.6 Å². The maximum atomic E-state index is 4.60. The highest BCUT2D eigenvalue weighted by molar-refractivity contribution is 5.55. The molecule has 0 aliphatic rings. The SMILES string of the molecule is CCc1ccc(CN(C)c2nccc(-c3ccccn3)n2)nc1. The first-order chi connectivity index (χ1) is 11.3. The third kappa shape index (κ3) is 3.69. The zero-order valence-electron chi connectivity index (χ0n) is 13.3. The highest BCUT2D eigenvalue weighted by Crippen LogP contribution is 2.16. The third-order valence-electron chi connectivity index (χ3n) is 3.61. The topological polar surface area (TPSA) is 54.8 Å². The first-order valence-corrected chi connectivity index (χ1v) is 7.65. The van der Waals surface area contributed by atoms with Crippen LogP contribution < -0.4 is 4.90 Å². The maximum absolute atomic E-state index is 4.60. The van der Waals surface area contributed by atoms with Gasteiger partial charge in [-0.3, -0.25) is 9.97 Å². The van der Waals surface area contributed by atoms with Crippen molar-refractivity contribution in [3.63, 3.8) is 0 Å². The molecule has 0 saturated carbocycles. The Labute approximate surface area is 136 Å². The summed E-state index contributed by atoms with van der Waals surface area (Å²) in [5.41, 5.74) is 3.90. The molecule has 0 N–H and O–H groups in total. The van der Waals surface area contributed by atoms with Crippen LogP contribution in [-0.2, 0) is 13.0 Å². The zero-order valence-corrected chi connectivity index (χ0v) is 13.3. The van der Waals surface area contributed by atoms with Gasteiger partial charge in [-0.25, -0.2) is 9.97 Å². The van der Waals surface area contributed by atoms with E-state index < -0.39 is 0 Å². The normalized spacial score (nSPS) is 10.5. The van der Waals surface area contributed by atoms with E-state index in [1.165, 1.54) is 5.56 Å². The van der Waals surface area contributed by atoms with Crippen LogP contribution in [0.5, 0.6) is 0 Å². The lowest BCUT2D eigenvalue weighted by Crippen LogP contribution is -2.20. The number of hydrogen-bond acceptors (Lipinski definition) is 5. The molecule has 0 unspecified atom stereocenters. The summed E-state index contributed by atoms with van der Waals surface area (Å²) in [6, 6.07) is 11.8. The molecule has 5 nitrogen and oxygen atoms in total. The summed E-state index contributed by atoms with van der Waals surface area (Å²) in [6.45, 7) is 2.79. The van der Waals surface area contributed by atoms with Crippen LogP contribution in [0, 0.1) is 0 Å². The Morgan fingerprint density at radius 3 is 2.52 bits per heavy atom. The largest absolute Gasteiger partial charge is 0.338 e. The van der Waals surface area contributed by atoms with Crippen molar-refractivity contribution in [3.05, 3.63) is 66.2 Å². The average Bonchev–Trinajstić information content (AvgIpc) is 2.63. The van der Waals surface area contributed by atoms with Gasteiger partial charge >= 0.3 is 0 Å². The molecule has 3 aromatic rings. The van der Waals surface area contributed by atoms with Crippen molar-refractivity contribution < 1.29 is 0 Å². The molecule has 5 heteroatoms. The second-order valence-corrected chi connectivity index (χ2v) is 5.32. The Hall–Kier alpha value is -2.82. The summed E-state index contributed by atoms with van der Waals surface area (Å²) in [7, 11) is 1.97. The molecule has 3 heterocycles. The zero-order chi connectivity index (χ0) is 16.1. The second kappa shape index (κ2) is 6.96. The maximum Gasteiger partial charge on any atom is 0.226 e. The quantitative estimate of drug-likeness (QED) is 0.725. The minimum atomic E-state index is 0.662. The first kappa shape index (κ1) is 15.1. The van der Waals surface area contributed by atoms with Crippen LogP contribution in [0.15, 0.2) is 55.0 Å². The Balaban J connectivity index is 1.78. The number of aromatic nitrogens is 4. The van der Waals surface area contributed by atoms with Crippen molar-refractivity contribution in [2.75, 3.05) is 11.9 Å². The van der Waals surface area contributed by atoms with Gasteiger partial charge in [-0.2, -0.15) is 0 Å². The standard InChI is InChI=1S/C18H19N5/c1-3-14-7-8-15(21-12-14)13-23(2)18-20-11-9-17(22-18)16-6-4-5-10-19-16/h4-12H,3,13H2,1-2H3. The number of anilines is 1. The van der Waals surface area contributed by atoms with Crippen molar-refractivity contribution in [3.8, 4) is 11.4 Å². The van der Waals surface area contributed by atoms with E-state index in [1.807, 2.05) is 42.4 Å². The number of nitrogens with zero attached hydrogens (tertiary/aromatic N) is 5. The van der Waals surface area contributed by atoms with Crippen molar-refractivity contribution >= 4 is 5.95 Å². The lowest BCUT2D eigenvalue weighted by molar-refractivity contribution is 0.839. The average molecular weight is 305 g/mol. The Bertz CT molecular complexity index is 756. The number of aryl methyl sites for hydroxylation is 1. The van der Waals surface area contributed by atoms with Gasteiger partial charge in [-0.05, 0) is 36.2 Å². The van der Waals surface area contributed by atoms with Gasteiger partial charge in [0.2, 0.25) is 5.95 Å². The van der Waals surface area contributed by atoms with Crippen molar-refractivity contribution in [2.45, 2.75) is 19.9 Å². The highest BCUT2D eigenvalue weighted by Gasteiger charge is 2.08. The van der Waals surface area contributed by atoms with E-state index in [1.54, 1.807) is 12.4 Å². The molecular weight excluding hydrogens is 286 g/mol. The lowest BCUT2D eigenvalue weighted by Gasteiger charge is -2.17. The summed E-state index contributed by atoms with van der Waals surface area (Å²) < 4.78 is 0. The van der Waals surface area contributed by atoms with E-state index >= 15 is 0 Å². The number of pyridine rings is 2. The predicted molar refractivity (Wildman–Crippen MR) is 91.0 cm³/mol. The second-order valence-electron chi connectivity index (χ2n) is 5.32. The van der Waals surface area contributed by atoms with E-state index in [0.29, 0.717) is 12.5 Å². The molecule has 0 aliphatic carbocycles. The fraction of sp³-hybridized carbons (Fsp3) is 0.222. The van der Waals surface area contributed by atoms with Gasteiger partial charge in [0.1, 0.15) is 0 Å². The van der Waals surface area contributed by atoms with E-state index in [4.69, 9.17) is 0 Å². The van der Waals surface area contributed by atoms with Crippen LogP contribution >= 0.6 is 0 Å². The van der Waals surface area contributed by atoms with Gasteiger partial charge in [-0.15, -0.1) is 0 Å². The summed E-state index contributed by atoms with van der Waals surface area (Å²) in [6.07, 6.45) is 6.45. The monoisotopic (exact) mass is 305 g/mol. The molecule has 0 aliphatic heterocycles. The fourth-order valence-corrected chi connectivity index (χ4v) is 2.26. The minimum absolute atomic E-state index is 0.662. The molecule has 116 valence electrons. The van der Waals surface area contributed by atoms with Crippen LogP contribution in [0.2, 0.25) is 0 Å². The van der Waals surface area contributed by atoms with Crippen LogP contribution in [0.4, 0.5) is 5.95 Å². The van der Waals surface area contributed by atoms with Crippen molar-refractivity contribution in [2.24, 2.45) is 0 Å². The van der Waals surface area contributed by atoms with Crippen LogP contribution in [0.1, 0.15) is 18.2 Å². The Morgan fingerprint density at radius 2 is 1.83 bits per heavy atom. The molecule has 3 aromatic heterocycles. The van der Waals surface area contributed by atoms with Crippen LogP contribution in [0.3, 0.4) is 0 Å². The van der Waals surface area contributed by atoms with Gasteiger partial charge in [0.25, 0.3) is 0 Å². The molecule has 23 heavy (non-hydrogen) atoms. The molecule has 0 atom stereocenters. The van der Waals surface area contributed by atoms with Crippen molar-refractivity contribution in [1.82, 2.24) is 19.9 Å². The van der Waals surface area contributed by atoms with Crippen LogP contribution in [0.25, 0.3) is 11.4 Å². The smallest absolute Gasteiger partial charge is 0.226 e. The van der Waals surface area contributed by atoms with Gasteiger partial charge in [0.05, 0.1) is 23.6 Å². The van der Waals surface area contributed by atoms with E-state index in [9.17, 15) is 0 Å². The molecule has 0 aromatic carbocycles. The summed E-state index contributed by atoms with van der Waals surface area (Å²) >= 11 is 0. The number of rotatable bonds is 5. The fourth-order valence-electron chi connectivity index (χ4n) is 2.26. The lowest BCUT2D eigenvalue weighted by atomic mass is 10.2. The molecule has 0 spiro atoms. The molecule has 0 fully saturated rings. The van der Waals surface area contributed by atoms with E-state index in [0.717, 1.165) is 23.5 Å². The molecule has 0 amide bonds. The molecule has 0 radical (unpaired) electrons. The predicted octanol–water partition coefficient (Wildman–Crippen LogP) is 3.13. The molecule has 0 bridgehead atoms. The Morgan fingerprint density at radius 1 is 0.913 bits per heavy atom. The highest BCUT2D eigenvalue weighted by atomic mass is 15.2. The first-order valence-electron chi connectivity index (χ1n) is 7.65. The van der Waals surface area contributed by atoms with Gasteiger partial charge < -0.3 is 4.90 Å². The van der Waals surface area contributed by atoms with Gasteiger partial charge in [-0.1, -0.05) is 19.1 Å². The number of hydrogen-bond donors (Lipinski definition) is 0. The molecular formula is C18H19N5. The van der Waals surface area contributed by atoms with Gasteiger partial charge in [0.15, 0.2) is 0 Å². The minimum Gasteiger partial charge on any atom is -0.338 e. The van der Waals surface area contributed by atoms with Crippen LogP contribution in [-0.4, -0.2) is 27.0 Å². The van der Waals surface area contributed by atoms with E-state index in [2.05, 4.69) is 39.0 Å². The summed E-state index contributed by atoms with van der Waals surface area (Å²) in [5.74, 6) is 0.662. The molecule has 0 saturated heterocycles. The van der Waals surface area contributed by atoms with E-state index in [-0.39, 0.29) is 0 Å². The Kier molecular flexibility index (Phi) is 4.57.